The molecule has 31 heavy (non-hydrogen) atoms. The maximum absolute atomic E-state index is 5.39. The molecule has 3 aromatic rings. The molecule has 1 saturated heterocycles. The molecule has 0 saturated carbocycles. The minimum absolute atomic E-state index is 0.351. The molecule has 2 aliphatic rings. The lowest BCUT2D eigenvalue weighted by Gasteiger charge is -2.37. The summed E-state index contributed by atoms with van der Waals surface area (Å²) in [6.45, 7) is 3.86. The number of hydrogen-bond acceptors (Lipinski definition) is 4. The summed E-state index contributed by atoms with van der Waals surface area (Å²) in [7, 11) is 1.70. The fourth-order valence-electron chi connectivity index (χ4n) is 4.69. The Labute approximate surface area is 184 Å². The third kappa shape index (κ3) is 3.87. The number of fused-ring (bicyclic) bond motifs is 3. The molecule has 0 atom stereocenters. The predicted molar refractivity (Wildman–Crippen MR) is 127 cm³/mol. The number of hydrogen-bond donors (Lipinski definition) is 0. The molecular formula is C27H27N3O. The number of methoxy groups -OCH3 is 1. The number of hydrazone groups is 1. The summed E-state index contributed by atoms with van der Waals surface area (Å²) in [5, 5.41) is 6.82. The predicted octanol–water partition coefficient (Wildman–Crippen LogP) is 5.08. The Hall–Kier alpha value is -3.37. The average molecular weight is 410 g/mol. The van der Waals surface area contributed by atoms with E-state index < -0.39 is 0 Å². The van der Waals surface area contributed by atoms with Crippen LogP contribution in [0.3, 0.4) is 0 Å². The highest BCUT2D eigenvalue weighted by Gasteiger charge is 2.33. The van der Waals surface area contributed by atoms with Gasteiger partial charge in [-0.25, -0.2) is 0 Å². The highest BCUT2D eigenvalue weighted by atomic mass is 16.5. The van der Waals surface area contributed by atoms with Gasteiger partial charge < -0.3 is 4.74 Å². The van der Waals surface area contributed by atoms with E-state index in [0.717, 1.165) is 37.5 Å². The van der Waals surface area contributed by atoms with Gasteiger partial charge in [-0.3, -0.25) is 9.91 Å². The van der Waals surface area contributed by atoms with Crippen molar-refractivity contribution in [3.8, 4) is 16.9 Å². The van der Waals surface area contributed by atoms with Crippen molar-refractivity contribution in [2.24, 2.45) is 5.10 Å². The second-order valence-electron chi connectivity index (χ2n) is 7.93. The Kier molecular flexibility index (Phi) is 5.55. The Morgan fingerprint density at radius 3 is 2.10 bits per heavy atom. The smallest absolute Gasteiger partial charge is 0.126 e. The highest BCUT2D eigenvalue weighted by molar-refractivity contribution is 5.79. The lowest BCUT2D eigenvalue weighted by atomic mass is 10.0. The van der Waals surface area contributed by atoms with Crippen LogP contribution >= 0.6 is 0 Å². The summed E-state index contributed by atoms with van der Waals surface area (Å²) in [6.07, 6.45) is 5.89. The molecule has 3 aromatic carbocycles. The minimum Gasteiger partial charge on any atom is -0.496 e. The number of piperazine rings is 1. The molecule has 5 rings (SSSR count). The Morgan fingerprint density at radius 2 is 1.42 bits per heavy atom. The normalized spacial score (nSPS) is 16.7. The van der Waals surface area contributed by atoms with Crippen molar-refractivity contribution in [3.05, 3.63) is 95.6 Å². The van der Waals surface area contributed by atoms with Gasteiger partial charge in [0, 0.05) is 38.0 Å². The zero-order valence-corrected chi connectivity index (χ0v) is 17.8. The van der Waals surface area contributed by atoms with Crippen molar-refractivity contribution in [1.29, 1.82) is 0 Å². The molecule has 0 amide bonds. The van der Waals surface area contributed by atoms with Gasteiger partial charge in [0.05, 0.1) is 13.2 Å². The lowest BCUT2D eigenvalue weighted by molar-refractivity contribution is 0.114. The van der Waals surface area contributed by atoms with Gasteiger partial charge in [0.1, 0.15) is 5.75 Å². The molecule has 1 aliphatic heterocycles. The van der Waals surface area contributed by atoms with E-state index in [0.29, 0.717) is 6.04 Å². The second kappa shape index (κ2) is 8.78. The van der Waals surface area contributed by atoms with E-state index in [2.05, 4.69) is 63.5 Å². The van der Waals surface area contributed by atoms with Crippen LogP contribution < -0.4 is 4.74 Å². The molecule has 1 fully saturated rings. The van der Waals surface area contributed by atoms with Gasteiger partial charge in [-0.15, -0.1) is 0 Å². The molecule has 0 bridgehead atoms. The van der Waals surface area contributed by atoms with Gasteiger partial charge in [-0.05, 0) is 40.5 Å². The van der Waals surface area contributed by atoms with E-state index in [9.17, 15) is 0 Å². The molecule has 0 radical (unpaired) electrons. The molecule has 1 heterocycles. The SMILES string of the molecule is COc1ccccc1/C=C\C=NN1CCN(C2c3ccccc3-c3ccccc32)CC1. The van der Waals surface area contributed by atoms with Crippen molar-refractivity contribution >= 4 is 12.3 Å². The molecule has 1 aliphatic carbocycles. The molecule has 0 aromatic heterocycles. The second-order valence-corrected chi connectivity index (χ2v) is 7.93. The van der Waals surface area contributed by atoms with E-state index in [4.69, 9.17) is 4.74 Å². The third-order valence-corrected chi connectivity index (χ3v) is 6.19. The molecule has 0 unspecified atom stereocenters. The maximum atomic E-state index is 5.39. The van der Waals surface area contributed by atoms with Gasteiger partial charge in [0.15, 0.2) is 0 Å². The van der Waals surface area contributed by atoms with Crippen molar-refractivity contribution in [1.82, 2.24) is 9.91 Å². The minimum atomic E-state index is 0.351. The highest BCUT2D eigenvalue weighted by Crippen LogP contribution is 2.46. The summed E-state index contributed by atoms with van der Waals surface area (Å²) in [5.74, 6) is 0.873. The first-order valence-corrected chi connectivity index (χ1v) is 10.9. The zero-order valence-electron chi connectivity index (χ0n) is 17.8. The van der Waals surface area contributed by atoms with Crippen LogP contribution in [0.2, 0.25) is 0 Å². The fourth-order valence-corrected chi connectivity index (χ4v) is 4.69. The van der Waals surface area contributed by atoms with Crippen LogP contribution in [0.25, 0.3) is 17.2 Å². The maximum Gasteiger partial charge on any atom is 0.126 e. The van der Waals surface area contributed by atoms with Gasteiger partial charge in [0.2, 0.25) is 0 Å². The Bertz CT molecular complexity index is 1070. The fraction of sp³-hybridized carbons (Fsp3) is 0.222. The molecule has 0 N–H and O–H groups in total. The largest absolute Gasteiger partial charge is 0.496 e. The first-order chi connectivity index (χ1) is 15.3. The zero-order chi connectivity index (χ0) is 21.0. The number of ether oxygens (including phenoxy) is 1. The quantitative estimate of drug-likeness (QED) is 0.550. The van der Waals surface area contributed by atoms with Crippen LogP contribution in [-0.2, 0) is 0 Å². The Balaban J connectivity index is 1.24. The number of allylic oxidation sites excluding steroid dienone is 1. The van der Waals surface area contributed by atoms with Crippen LogP contribution in [0.4, 0.5) is 0 Å². The van der Waals surface area contributed by atoms with Gasteiger partial charge in [-0.2, -0.15) is 5.10 Å². The summed E-state index contributed by atoms with van der Waals surface area (Å²) in [5.41, 5.74) is 6.68. The van der Waals surface area contributed by atoms with Crippen molar-refractivity contribution in [2.45, 2.75) is 6.04 Å². The summed E-state index contributed by atoms with van der Waals surface area (Å²) in [4.78, 5) is 2.60. The third-order valence-electron chi connectivity index (χ3n) is 6.19. The molecule has 0 spiro atoms. The summed E-state index contributed by atoms with van der Waals surface area (Å²) >= 11 is 0. The van der Waals surface area contributed by atoms with E-state index in [1.807, 2.05) is 42.6 Å². The topological polar surface area (TPSA) is 28.1 Å². The van der Waals surface area contributed by atoms with Crippen molar-refractivity contribution in [2.75, 3.05) is 33.3 Å². The first-order valence-electron chi connectivity index (χ1n) is 10.9. The molecule has 4 nitrogen and oxygen atoms in total. The van der Waals surface area contributed by atoms with Crippen LogP contribution in [0, 0.1) is 0 Å². The van der Waals surface area contributed by atoms with Crippen LogP contribution in [0.15, 0.2) is 84.0 Å². The van der Waals surface area contributed by atoms with Gasteiger partial charge >= 0.3 is 0 Å². The monoisotopic (exact) mass is 409 g/mol. The van der Waals surface area contributed by atoms with Gasteiger partial charge in [0.25, 0.3) is 0 Å². The Morgan fingerprint density at radius 1 is 0.806 bits per heavy atom. The first kappa shape index (κ1) is 19.6. The number of nitrogens with zero attached hydrogens (tertiary/aromatic N) is 3. The van der Waals surface area contributed by atoms with Crippen LogP contribution in [0.1, 0.15) is 22.7 Å². The van der Waals surface area contributed by atoms with Gasteiger partial charge in [-0.1, -0.05) is 66.7 Å². The van der Waals surface area contributed by atoms with Crippen molar-refractivity contribution < 1.29 is 4.74 Å². The van der Waals surface area contributed by atoms with E-state index in [1.165, 1.54) is 22.3 Å². The summed E-state index contributed by atoms with van der Waals surface area (Å²) in [6, 6.07) is 26.0. The van der Waals surface area contributed by atoms with Crippen molar-refractivity contribution in [3.63, 3.8) is 0 Å². The standard InChI is InChI=1S/C27H27N3O/c1-31-26-15-7-2-9-21(26)10-8-16-28-30-19-17-29(18-20-30)27-24-13-5-3-11-22(24)23-12-4-6-14-25(23)27/h2-16,27H,17-20H2,1H3/b10-8-,28-16?. The molecular weight excluding hydrogens is 382 g/mol. The van der Waals surface area contributed by atoms with E-state index in [-0.39, 0.29) is 0 Å². The van der Waals surface area contributed by atoms with E-state index >= 15 is 0 Å². The van der Waals surface area contributed by atoms with E-state index in [1.54, 1.807) is 7.11 Å². The molecule has 4 heteroatoms. The number of benzene rings is 3. The lowest BCUT2D eigenvalue weighted by Crippen LogP contribution is -2.45. The molecule has 156 valence electrons. The van der Waals surface area contributed by atoms with Crippen LogP contribution in [-0.4, -0.2) is 49.4 Å². The summed E-state index contributed by atoms with van der Waals surface area (Å²) < 4.78 is 5.39. The average Bonchev–Trinajstić information content (AvgIpc) is 3.17. The number of rotatable bonds is 5. The van der Waals surface area contributed by atoms with Crippen LogP contribution in [0.5, 0.6) is 5.75 Å². The number of para-hydroxylation sites is 1.